The quantitative estimate of drug-likeness (QED) is 0.713. The molecule has 31 heavy (non-hydrogen) atoms. The molecule has 2 aromatic rings. The Balaban J connectivity index is 0.000000339. The maximum Gasteiger partial charge on any atom is 0.490 e. The second-order valence-electron chi connectivity index (χ2n) is 7.45. The first kappa shape index (κ1) is 22.9. The number of alkyl halides is 3. The van der Waals surface area contributed by atoms with Gasteiger partial charge in [-0.3, -0.25) is 4.79 Å². The molecule has 2 aliphatic heterocycles. The van der Waals surface area contributed by atoms with Crippen LogP contribution in [0.25, 0.3) is 0 Å². The Labute approximate surface area is 180 Å². The SMILES string of the molecule is CN1CCC2(CC1)CC(NC(=O)c1csnn1)c1ccccc1O2.O=C(O)C(F)(F)F. The molecule has 0 saturated carbocycles. The zero-order valence-electron chi connectivity index (χ0n) is 16.6. The van der Waals surface area contributed by atoms with E-state index in [4.69, 9.17) is 14.6 Å². The number of carbonyl (C=O) groups excluding carboxylic acids is 1. The molecular formula is C19H21F3N4O4S. The fourth-order valence-electron chi connectivity index (χ4n) is 3.57. The normalized spacial score (nSPS) is 20.1. The van der Waals surface area contributed by atoms with Crippen LogP contribution in [0.5, 0.6) is 5.75 Å². The van der Waals surface area contributed by atoms with Crippen molar-refractivity contribution in [3.8, 4) is 5.75 Å². The molecule has 2 N–H and O–H groups in total. The average molecular weight is 458 g/mol. The topological polar surface area (TPSA) is 105 Å². The number of piperidine rings is 1. The second-order valence-corrected chi connectivity index (χ2v) is 8.06. The van der Waals surface area contributed by atoms with E-state index in [9.17, 15) is 18.0 Å². The molecule has 1 amide bonds. The summed E-state index contributed by atoms with van der Waals surface area (Å²) in [5.74, 6) is -2.05. The first-order valence-corrected chi connectivity index (χ1v) is 10.3. The van der Waals surface area contributed by atoms with Crippen LogP contribution in [0.15, 0.2) is 29.6 Å². The van der Waals surface area contributed by atoms with Crippen LogP contribution in [0.4, 0.5) is 13.2 Å². The first-order chi connectivity index (χ1) is 14.6. The van der Waals surface area contributed by atoms with Crippen LogP contribution in [0, 0.1) is 0 Å². The van der Waals surface area contributed by atoms with Crippen molar-refractivity contribution in [3.05, 3.63) is 40.9 Å². The molecule has 8 nitrogen and oxygen atoms in total. The Morgan fingerprint density at radius 2 is 1.94 bits per heavy atom. The lowest BCUT2D eigenvalue weighted by molar-refractivity contribution is -0.192. The Kier molecular flexibility index (Phi) is 6.80. The van der Waals surface area contributed by atoms with Crippen LogP contribution in [-0.2, 0) is 4.79 Å². The summed E-state index contributed by atoms with van der Waals surface area (Å²) >= 11 is 1.19. The van der Waals surface area contributed by atoms with Crippen molar-refractivity contribution < 1.29 is 32.6 Å². The van der Waals surface area contributed by atoms with Gasteiger partial charge in [0, 0.05) is 30.5 Å². The number of carboxylic acid groups (broad SMARTS) is 1. The largest absolute Gasteiger partial charge is 0.490 e. The number of aromatic nitrogens is 2. The lowest BCUT2D eigenvalue weighted by atomic mass is 9.80. The van der Waals surface area contributed by atoms with Crippen LogP contribution in [0.3, 0.4) is 0 Å². The highest BCUT2D eigenvalue weighted by Crippen LogP contribution is 2.44. The summed E-state index contributed by atoms with van der Waals surface area (Å²) in [6.07, 6.45) is -2.34. The van der Waals surface area contributed by atoms with Crippen molar-refractivity contribution in [1.82, 2.24) is 19.8 Å². The minimum atomic E-state index is -5.08. The molecule has 2 aliphatic rings. The first-order valence-electron chi connectivity index (χ1n) is 9.44. The number of carbonyl (C=O) groups is 2. The van der Waals surface area contributed by atoms with E-state index >= 15 is 0 Å². The number of fused-ring (bicyclic) bond motifs is 1. The van der Waals surface area contributed by atoms with Gasteiger partial charge in [0.25, 0.3) is 5.91 Å². The van der Waals surface area contributed by atoms with Crippen LogP contribution < -0.4 is 10.1 Å². The maximum absolute atomic E-state index is 12.5. The Bertz CT molecular complexity index is 915. The van der Waals surface area contributed by atoms with Crippen molar-refractivity contribution in [2.45, 2.75) is 37.1 Å². The van der Waals surface area contributed by atoms with Crippen molar-refractivity contribution in [2.24, 2.45) is 0 Å². The number of rotatable bonds is 2. The molecule has 168 valence electrons. The highest BCUT2D eigenvalue weighted by Gasteiger charge is 2.43. The third-order valence-corrected chi connectivity index (χ3v) is 5.74. The smallest absolute Gasteiger partial charge is 0.487 e. The van der Waals surface area contributed by atoms with Gasteiger partial charge in [0.05, 0.1) is 6.04 Å². The average Bonchev–Trinajstić information content (AvgIpc) is 3.25. The van der Waals surface area contributed by atoms with Crippen LogP contribution in [0.1, 0.15) is 41.4 Å². The zero-order chi connectivity index (χ0) is 22.6. The summed E-state index contributed by atoms with van der Waals surface area (Å²) in [6.45, 7) is 2.03. The fraction of sp³-hybridized carbons (Fsp3) is 0.474. The molecule has 3 heterocycles. The number of amides is 1. The van der Waals surface area contributed by atoms with Gasteiger partial charge in [-0.1, -0.05) is 22.7 Å². The number of ether oxygens (including phenoxy) is 1. The summed E-state index contributed by atoms with van der Waals surface area (Å²) in [6, 6.07) is 7.93. The highest BCUT2D eigenvalue weighted by molar-refractivity contribution is 7.03. The van der Waals surface area contributed by atoms with E-state index in [1.165, 1.54) is 11.5 Å². The molecule has 1 spiro atoms. The minimum absolute atomic E-state index is 0.0624. The maximum atomic E-state index is 12.5. The summed E-state index contributed by atoms with van der Waals surface area (Å²) in [4.78, 5) is 23.7. The highest BCUT2D eigenvalue weighted by atomic mass is 32.1. The lowest BCUT2D eigenvalue weighted by Gasteiger charge is -2.46. The number of aliphatic carboxylic acids is 1. The van der Waals surface area contributed by atoms with E-state index in [1.807, 2.05) is 24.3 Å². The number of hydrogen-bond donors (Lipinski definition) is 2. The Morgan fingerprint density at radius 1 is 1.29 bits per heavy atom. The number of benzene rings is 1. The van der Waals surface area contributed by atoms with Gasteiger partial charge in [-0.2, -0.15) is 13.2 Å². The fourth-order valence-corrected chi connectivity index (χ4v) is 4.01. The van der Waals surface area contributed by atoms with Gasteiger partial charge in [0.15, 0.2) is 5.69 Å². The Morgan fingerprint density at radius 3 is 2.52 bits per heavy atom. The lowest BCUT2D eigenvalue weighted by Crippen LogP contribution is -2.51. The number of para-hydroxylation sites is 1. The molecule has 1 unspecified atom stereocenters. The van der Waals surface area contributed by atoms with Gasteiger partial charge in [-0.15, -0.1) is 5.10 Å². The minimum Gasteiger partial charge on any atom is -0.487 e. The van der Waals surface area contributed by atoms with Gasteiger partial charge in [0.2, 0.25) is 0 Å². The van der Waals surface area contributed by atoms with Gasteiger partial charge < -0.3 is 20.1 Å². The summed E-state index contributed by atoms with van der Waals surface area (Å²) in [5, 5.41) is 15.8. The summed E-state index contributed by atoms with van der Waals surface area (Å²) in [7, 11) is 2.14. The van der Waals surface area contributed by atoms with Crippen LogP contribution in [-0.4, -0.2) is 63.4 Å². The molecule has 1 aromatic carbocycles. The number of likely N-dealkylation sites (tertiary alicyclic amines) is 1. The molecule has 12 heteroatoms. The molecule has 1 fully saturated rings. The Hall–Kier alpha value is -2.73. The van der Waals surface area contributed by atoms with E-state index in [2.05, 4.69) is 26.9 Å². The standard InChI is InChI=1S/C17H20N4O2S.C2HF3O2/c1-21-8-6-17(7-9-21)10-13(12-4-2-3-5-15(12)23-17)18-16(22)14-11-24-20-19-14;3-2(4,5)1(6)7/h2-5,11,13H,6-10H2,1H3,(H,18,22);(H,6,7). The molecule has 0 aliphatic carbocycles. The van der Waals surface area contributed by atoms with E-state index in [-0.39, 0.29) is 17.6 Å². The molecule has 1 aromatic heterocycles. The number of carboxylic acids is 1. The van der Waals surface area contributed by atoms with Crippen molar-refractivity contribution in [1.29, 1.82) is 0 Å². The van der Waals surface area contributed by atoms with Crippen LogP contribution >= 0.6 is 11.5 Å². The third kappa shape index (κ3) is 5.70. The van der Waals surface area contributed by atoms with E-state index in [1.54, 1.807) is 5.38 Å². The van der Waals surface area contributed by atoms with Crippen molar-refractivity contribution in [2.75, 3.05) is 20.1 Å². The number of nitrogens with zero attached hydrogens (tertiary/aromatic N) is 3. The van der Waals surface area contributed by atoms with Gasteiger partial charge >= 0.3 is 12.1 Å². The molecule has 0 bridgehead atoms. The van der Waals surface area contributed by atoms with E-state index < -0.39 is 12.1 Å². The van der Waals surface area contributed by atoms with Gasteiger partial charge in [0.1, 0.15) is 11.4 Å². The molecule has 1 saturated heterocycles. The number of hydrogen-bond acceptors (Lipinski definition) is 7. The summed E-state index contributed by atoms with van der Waals surface area (Å²) < 4.78 is 41.9. The zero-order valence-corrected chi connectivity index (χ0v) is 17.4. The molecule has 1 atom stereocenters. The number of nitrogens with one attached hydrogen (secondary N) is 1. The molecule has 4 rings (SSSR count). The van der Waals surface area contributed by atoms with Crippen LogP contribution in [0.2, 0.25) is 0 Å². The number of halogens is 3. The van der Waals surface area contributed by atoms with Crippen molar-refractivity contribution >= 4 is 23.4 Å². The van der Waals surface area contributed by atoms with E-state index in [0.717, 1.165) is 43.7 Å². The predicted molar refractivity (Wildman–Crippen MR) is 105 cm³/mol. The predicted octanol–water partition coefficient (Wildman–Crippen LogP) is 2.89. The van der Waals surface area contributed by atoms with Gasteiger partial charge in [-0.05, 0) is 37.5 Å². The molecule has 0 radical (unpaired) electrons. The monoisotopic (exact) mass is 458 g/mol. The third-order valence-electron chi connectivity index (χ3n) is 5.24. The second kappa shape index (κ2) is 9.18. The molecular weight excluding hydrogens is 437 g/mol. The summed E-state index contributed by atoms with van der Waals surface area (Å²) in [5.41, 5.74) is 1.22. The van der Waals surface area contributed by atoms with Crippen molar-refractivity contribution in [3.63, 3.8) is 0 Å². The van der Waals surface area contributed by atoms with E-state index in [0.29, 0.717) is 5.69 Å². The van der Waals surface area contributed by atoms with Gasteiger partial charge in [-0.25, -0.2) is 4.79 Å².